The Labute approximate surface area is 193 Å². The average Bonchev–Trinajstić information content (AvgIpc) is 2.95. The zero-order valence-electron chi connectivity index (χ0n) is 19.2. The second kappa shape index (κ2) is 12.2. The van der Waals surface area contributed by atoms with Crippen LogP contribution >= 0.6 is 0 Å². The predicted molar refractivity (Wildman–Crippen MR) is 120 cm³/mol. The average molecular weight is 464 g/mol. The number of carbonyl (C=O) groups excluding carboxylic acids is 2. The Morgan fingerprint density at radius 1 is 1.06 bits per heavy atom. The second-order valence-corrected chi connectivity index (χ2v) is 8.78. The number of amides is 3. The van der Waals surface area contributed by atoms with E-state index in [0.29, 0.717) is 35.9 Å². The Kier molecular flexibility index (Phi) is 9.65. The molecule has 0 aliphatic carbocycles. The summed E-state index contributed by atoms with van der Waals surface area (Å²) in [5.41, 5.74) is 0.389. The normalized spacial score (nSPS) is 21.5. The Morgan fingerprint density at radius 2 is 1.64 bits per heavy atom. The van der Waals surface area contributed by atoms with Crippen molar-refractivity contribution < 1.29 is 34.1 Å². The van der Waals surface area contributed by atoms with Crippen molar-refractivity contribution in [2.45, 2.75) is 64.1 Å². The van der Waals surface area contributed by atoms with E-state index in [2.05, 4.69) is 36.4 Å². The summed E-state index contributed by atoms with van der Waals surface area (Å²) in [5.74, 6) is -3.03. The Morgan fingerprint density at radius 3 is 2.18 bits per heavy atom. The van der Waals surface area contributed by atoms with Gasteiger partial charge in [0.15, 0.2) is 0 Å². The summed E-state index contributed by atoms with van der Waals surface area (Å²) in [5, 5.41) is 20.2. The van der Waals surface area contributed by atoms with Gasteiger partial charge in [-0.1, -0.05) is 26.0 Å². The van der Waals surface area contributed by atoms with Crippen molar-refractivity contribution in [1.29, 1.82) is 0 Å². The van der Waals surface area contributed by atoms with Gasteiger partial charge in [0, 0.05) is 18.1 Å². The highest BCUT2D eigenvalue weighted by atomic mass is 16.5. The second-order valence-electron chi connectivity index (χ2n) is 8.78. The number of hydrogen-bond acceptors (Lipinski definition) is 6. The van der Waals surface area contributed by atoms with Crippen LogP contribution in [0.5, 0.6) is 5.75 Å². The molecule has 33 heavy (non-hydrogen) atoms. The van der Waals surface area contributed by atoms with Crippen LogP contribution in [-0.4, -0.2) is 70.8 Å². The molecule has 0 saturated carbocycles. The number of piperidine rings is 1. The molecule has 2 heterocycles. The number of ether oxygens (including phenoxy) is 1. The fourth-order valence-corrected chi connectivity index (χ4v) is 4.11. The topological polar surface area (TPSA) is 145 Å². The summed E-state index contributed by atoms with van der Waals surface area (Å²) in [7, 11) is 2.17. The molecule has 2 unspecified atom stereocenters. The number of para-hydroxylation sites is 1. The first-order chi connectivity index (χ1) is 15.6. The predicted octanol–water partition coefficient (Wildman–Crippen LogP) is 2.33. The van der Waals surface area contributed by atoms with Gasteiger partial charge in [0.2, 0.25) is 0 Å². The van der Waals surface area contributed by atoms with Crippen LogP contribution in [-0.2, 0) is 9.59 Å². The van der Waals surface area contributed by atoms with Gasteiger partial charge in [-0.05, 0) is 57.2 Å². The number of imide groups is 1. The molecule has 3 amide bonds. The van der Waals surface area contributed by atoms with Gasteiger partial charge in [-0.2, -0.15) is 0 Å². The van der Waals surface area contributed by atoms with E-state index >= 15 is 0 Å². The Balaban J connectivity index is 0.000000569. The summed E-state index contributed by atoms with van der Waals surface area (Å²) in [6, 6.07) is 7.84. The van der Waals surface area contributed by atoms with Crippen molar-refractivity contribution in [3.05, 3.63) is 29.8 Å². The Bertz CT molecular complexity index is 832. The van der Waals surface area contributed by atoms with Crippen molar-refractivity contribution >= 4 is 23.9 Å². The molecule has 2 aliphatic rings. The maximum absolute atomic E-state index is 12.5. The molecule has 0 aromatic heterocycles. The summed E-state index contributed by atoms with van der Waals surface area (Å²) >= 11 is 0. The highest BCUT2D eigenvalue weighted by Crippen LogP contribution is 2.34. The van der Waals surface area contributed by atoms with Gasteiger partial charge in [-0.15, -0.1) is 0 Å². The molecular formula is C23H33N3O7. The standard InChI is InChI=1S/C21H31N3O3.C2H2O4/c1-14(2)10-11-27-19-7-5-4-6-18(19)20(25)23-21(26)22-15-12-16-8-9-17(13-15)24(16)3;3-1(4)2(5)6/h4-7,14-17H,8-13H2,1-3H3,(H2,22,23,25,26);(H,3,4)(H,5,6). The molecule has 2 saturated heterocycles. The number of carboxylic acid groups (broad SMARTS) is 2. The highest BCUT2D eigenvalue weighted by Gasteiger charge is 2.38. The first kappa shape index (κ1) is 26.1. The van der Waals surface area contributed by atoms with E-state index in [1.807, 2.05) is 6.07 Å². The maximum Gasteiger partial charge on any atom is 0.414 e. The third-order valence-electron chi connectivity index (χ3n) is 5.93. The first-order valence-electron chi connectivity index (χ1n) is 11.1. The van der Waals surface area contributed by atoms with Crippen molar-refractivity contribution in [1.82, 2.24) is 15.5 Å². The van der Waals surface area contributed by atoms with Crippen molar-refractivity contribution in [3.63, 3.8) is 0 Å². The summed E-state index contributed by atoms with van der Waals surface area (Å²) in [6.07, 6.45) is 5.20. The van der Waals surface area contributed by atoms with E-state index in [0.717, 1.165) is 19.3 Å². The lowest BCUT2D eigenvalue weighted by atomic mass is 9.98. The van der Waals surface area contributed by atoms with Crippen LogP contribution in [0, 0.1) is 5.92 Å². The number of nitrogens with zero attached hydrogens (tertiary/aromatic N) is 1. The minimum absolute atomic E-state index is 0.129. The van der Waals surface area contributed by atoms with Crippen LogP contribution in [0.15, 0.2) is 24.3 Å². The van der Waals surface area contributed by atoms with Gasteiger partial charge in [-0.3, -0.25) is 10.1 Å². The van der Waals surface area contributed by atoms with Crippen LogP contribution in [0.25, 0.3) is 0 Å². The van der Waals surface area contributed by atoms with Crippen LogP contribution in [0.1, 0.15) is 56.3 Å². The molecular weight excluding hydrogens is 430 g/mol. The lowest BCUT2D eigenvalue weighted by Gasteiger charge is -2.36. The van der Waals surface area contributed by atoms with Gasteiger partial charge in [0.1, 0.15) is 5.75 Å². The molecule has 2 bridgehead atoms. The minimum Gasteiger partial charge on any atom is -0.493 e. The third kappa shape index (κ3) is 8.05. The smallest absolute Gasteiger partial charge is 0.414 e. The molecule has 2 atom stereocenters. The summed E-state index contributed by atoms with van der Waals surface area (Å²) < 4.78 is 5.75. The lowest BCUT2D eigenvalue weighted by molar-refractivity contribution is -0.159. The number of nitrogens with one attached hydrogen (secondary N) is 2. The van der Waals surface area contributed by atoms with E-state index in [-0.39, 0.29) is 6.04 Å². The number of carboxylic acids is 2. The lowest BCUT2D eigenvalue weighted by Crippen LogP contribution is -2.51. The van der Waals surface area contributed by atoms with Gasteiger partial charge >= 0.3 is 18.0 Å². The van der Waals surface area contributed by atoms with E-state index in [9.17, 15) is 9.59 Å². The largest absolute Gasteiger partial charge is 0.493 e. The van der Waals surface area contributed by atoms with E-state index in [4.69, 9.17) is 24.5 Å². The number of aliphatic carboxylic acids is 2. The highest BCUT2D eigenvalue weighted by molar-refractivity contribution is 6.27. The van der Waals surface area contributed by atoms with Crippen LogP contribution in [0.4, 0.5) is 4.79 Å². The van der Waals surface area contributed by atoms with E-state index < -0.39 is 23.9 Å². The summed E-state index contributed by atoms with van der Waals surface area (Å²) in [6.45, 7) is 4.80. The third-order valence-corrected chi connectivity index (χ3v) is 5.93. The molecule has 1 aromatic rings. The van der Waals surface area contributed by atoms with E-state index in [1.54, 1.807) is 18.2 Å². The minimum atomic E-state index is -1.82. The maximum atomic E-state index is 12.5. The van der Waals surface area contributed by atoms with Gasteiger partial charge in [0.25, 0.3) is 5.91 Å². The van der Waals surface area contributed by atoms with Crippen LogP contribution in [0.3, 0.4) is 0 Å². The SMILES string of the molecule is CC(C)CCOc1ccccc1C(=O)NC(=O)NC1CC2CCC(C1)N2C.O=C(O)C(=O)O. The van der Waals surface area contributed by atoms with Gasteiger partial charge in [0.05, 0.1) is 12.2 Å². The monoisotopic (exact) mass is 463 g/mol. The van der Waals surface area contributed by atoms with Crippen LogP contribution in [0.2, 0.25) is 0 Å². The molecule has 2 fully saturated rings. The molecule has 3 rings (SSSR count). The van der Waals surface area contributed by atoms with Crippen molar-refractivity contribution in [2.24, 2.45) is 5.92 Å². The first-order valence-corrected chi connectivity index (χ1v) is 11.1. The van der Waals surface area contributed by atoms with Gasteiger partial charge < -0.3 is 25.2 Å². The molecule has 10 nitrogen and oxygen atoms in total. The fraction of sp³-hybridized carbons (Fsp3) is 0.565. The van der Waals surface area contributed by atoms with Crippen LogP contribution < -0.4 is 15.4 Å². The zero-order chi connectivity index (χ0) is 24.5. The fourth-order valence-electron chi connectivity index (χ4n) is 4.11. The quantitative estimate of drug-likeness (QED) is 0.470. The van der Waals surface area contributed by atoms with E-state index in [1.165, 1.54) is 12.8 Å². The van der Waals surface area contributed by atoms with Gasteiger partial charge in [-0.25, -0.2) is 14.4 Å². The Hall–Kier alpha value is -3.14. The summed E-state index contributed by atoms with van der Waals surface area (Å²) in [4.78, 5) is 45.5. The zero-order valence-corrected chi connectivity index (χ0v) is 19.2. The van der Waals surface area contributed by atoms with Crippen molar-refractivity contribution in [3.8, 4) is 5.75 Å². The number of benzene rings is 1. The number of fused-ring (bicyclic) bond motifs is 2. The molecule has 1 aromatic carbocycles. The van der Waals surface area contributed by atoms with Crippen molar-refractivity contribution in [2.75, 3.05) is 13.7 Å². The number of rotatable bonds is 6. The molecule has 2 aliphatic heterocycles. The molecule has 0 spiro atoms. The number of carbonyl (C=O) groups is 4. The molecule has 4 N–H and O–H groups in total. The molecule has 0 radical (unpaired) electrons. The molecule has 182 valence electrons. The molecule has 10 heteroatoms. The number of urea groups is 1. The number of hydrogen-bond donors (Lipinski definition) is 4.